The summed E-state index contributed by atoms with van der Waals surface area (Å²) in [7, 11) is 5.17. The van der Waals surface area contributed by atoms with Gasteiger partial charge in [0.05, 0.1) is 52.9 Å². The first-order chi connectivity index (χ1) is 19.6. The number of fused-ring (bicyclic) bond motifs is 1. The third-order valence-corrected chi connectivity index (χ3v) is 8.16. The number of nitrogens with zero attached hydrogens (tertiary/aromatic N) is 5. The lowest BCUT2D eigenvalue weighted by molar-refractivity contribution is 0.0245. The van der Waals surface area contributed by atoms with E-state index in [2.05, 4.69) is 51.0 Å². The van der Waals surface area contributed by atoms with Gasteiger partial charge in [-0.2, -0.15) is 0 Å². The van der Waals surface area contributed by atoms with Gasteiger partial charge in [0, 0.05) is 61.3 Å². The predicted molar refractivity (Wildman–Crippen MR) is 162 cm³/mol. The second-order valence-corrected chi connectivity index (χ2v) is 11.4. The second-order valence-electron chi connectivity index (χ2n) is 10.7. The minimum Gasteiger partial charge on any atom is -0.495 e. The van der Waals surface area contributed by atoms with Crippen LogP contribution in [0.4, 0.5) is 5.69 Å². The summed E-state index contributed by atoms with van der Waals surface area (Å²) < 4.78 is 10.9. The molecule has 1 fully saturated rings. The maximum atomic E-state index is 13.4. The molecule has 214 valence electrons. The van der Waals surface area contributed by atoms with Crippen molar-refractivity contribution in [2.24, 2.45) is 0 Å². The smallest absolute Gasteiger partial charge is 0.257 e. The fourth-order valence-corrected chi connectivity index (χ4v) is 5.98. The molecule has 0 spiro atoms. The van der Waals surface area contributed by atoms with Crippen LogP contribution in [0.5, 0.6) is 11.5 Å². The molecule has 3 heterocycles. The molecule has 4 aromatic rings. The molecule has 1 saturated heterocycles. The molecule has 0 atom stereocenters. The van der Waals surface area contributed by atoms with Crippen molar-refractivity contribution >= 4 is 45.8 Å². The Bertz CT molecular complexity index is 1570. The Hall–Kier alpha value is -3.50. The van der Waals surface area contributed by atoms with E-state index in [1.807, 2.05) is 12.1 Å². The number of likely N-dealkylation sites (N-methyl/N-ethyl adjacent to an activating group) is 1. The van der Waals surface area contributed by atoms with Crippen molar-refractivity contribution in [1.29, 1.82) is 0 Å². The Morgan fingerprint density at radius 2 is 1.66 bits per heavy atom. The molecule has 9 nitrogen and oxygen atoms in total. The number of aromatic nitrogens is 3. The first kappa shape index (κ1) is 29.0. The Morgan fingerprint density at radius 1 is 0.976 bits per heavy atom. The lowest BCUT2D eigenvalue weighted by Crippen LogP contribution is -2.57. The maximum absolute atomic E-state index is 13.4. The first-order valence-electron chi connectivity index (χ1n) is 13.2. The van der Waals surface area contributed by atoms with E-state index >= 15 is 0 Å². The fourth-order valence-electron chi connectivity index (χ4n) is 5.28. The number of carbonyl (C=O) groups excluding carboxylic acids is 1. The highest BCUT2D eigenvalue weighted by Gasteiger charge is 2.32. The molecule has 1 amide bonds. The molecule has 2 aromatic carbocycles. The molecule has 0 radical (unpaired) electrons. The van der Waals surface area contributed by atoms with Crippen LogP contribution in [0.25, 0.3) is 22.2 Å². The van der Waals surface area contributed by atoms with E-state index in [1.165, 1.54) is 20.4 Å². The molecule has 0 saturated carbocycles. The zero-order valence-corrected chi connectivity index (χ0v) is 25.2. The van der Waals surface area contributed by atoms with Crippen LogP contribution in [0.3, 0.4) is 0 Å². The van der Waals surface area contributed by atoms with Crippen LogP contribution in [0.1, 0.15) is 29.9 Å². The number of pyridine rings is 1. The number of rotatable bonds is 7. The maximum Gasteiger partial charge on any atom is 0.257 e. The molecule has 11 heteroatoms. The number of halogens is 2. The molecule has 1 N–H and O–H groups in total. The lowest BCUT2D eigenvalue weighted by Gasteiger charge is -2.46. The number of methoxy groups -OCH3 is 2. The van der Waals surface area contributed by atoms with Crippen molar-refractivity contribution in [3.8, 4) is 22.6 Å². The number of nitrogens with one attached hydrogen (secondary N) is 1. The summed E-state index contributed by atoms with van der Waals surface area (Å²) in [5.41, 5.74) is 3.87. The number of hydrogen-bond donors (Lipinski definition) is 1. The van der Waals surface area contributed by atoms with Gasteiger partial charge in [0.25, 0.3) is 5.91 Å². The molecule has 41 heavy (non-hydrogen) atoms. The average molecular weight is 596 g/mol. The molecule has 1 aliphatic heterocycles. The van der Waals surface area contributed by atoms with Crippen LogP contribution in [0, 0.1) is 0 Å². The quantitative estimate of drug-likeness (QED) is 0.287. The number of amides is 1. The van der Waals surface area contributed by atoms with E-state index in [9.17, 15) is 4.79 Å². The SMILES string of the molecule is COc1cc(OC)c(Cl)c(-c2ccc(C(=O)Nc3ccc(CN4CCN(C)CC4(C)C)nc3)c3nccnc23)c1Cl. The third kappa shape index (κ3) is 5.81. The Balaban J connectivity index is 1.42. The number of anilines is 1. The number of piperazine rings is 1. The van der Waals surface area contributed by atoms with E-state index in [0.717, 1.165) is 31.9 Å². The summed E-state index contributed by atoms with van der Waals surface area (Å²) in [6.07, 6.45) is 4.77. The Morgan fingerprint density at radius 3 is 2.27 bits per heavy atom. The highest BCUT2D eigenvalue weighted by Crippen LogP contribution is 2.47. The summed E-state index contributed by atoms with van der Waals surface area (Å²) >= 11 is 13.4. The highest BCUT2D eigenvalue weighted by atomic mass is 35.5. The van der Waals surface area contributed by atoms with Crippen molar-refractivity contribution in [1.82, 2.24) is 24.8 Å². The monoisotopic (exact) mass is 594 g/mol. The summed E-state index contributed by atoms with van der Waals surface area (Å²) in [5, 5.41) is 3.54. The van der Waals surface area contributed by atoms with Gasteiger partial charge in [0.1, 0.15) is 17.0 Å². The number of hydrogen-bond acceptors (Lipinski definition) is 8. The zero-order chi connectivity index (χ0) is 29.3. The van der Waals surface area contributed by atoms with Gasteiger partial charge in [-0.3, -0.25) is 24.6 Å². The van der Waals surface area contributed by atoms with Gasteiger partial charge in [-0.25, -0.2) is 0 Å². The minimum absolute atomic E-state index is 0.0558. The van der Waals surface area contributed by atoms with E-state index in [4.69, 9.17) is 32.7 Å². The minimum atomic E-state index is -0.336. The average Bonchev–Trinajstić information content (AvgIpc) is 2.95. The van der Waals surface area contributed by atoms with Gasteiger partial charge < -0.3 is 19.7 Å². The third-order valence-electron chi connectivity index (χ3n) is 7.41. The van der Waals surface area contributed by atoms with Crippen LogP contribution in [0.2, 0.25) is 10.0 Å². The molecular formula is C30H32Cl2N6O3. The first-order valence-corrected chi connectivity index (χ1v) is 13.9. The van der Waals surface area contributed by atoms with Gasteiger partial charge in [-0.1, -0.05) is 29.3 Å². The van der Waals surface area contributed by atoms with E-state index in [1.54, 1.807) is 30.6 Å². The summed E-state index contributed by atoms with van der Waals surface area (Å²) in [4.78, 5) is 31.8. The fraction of sp³-hybridized carbons (Fsp3) is 0.333. The van der Waals surface area contributed by atoms with Crippen LogP contribution in [-0.2, 0) is 6.54 Å². The molecule has 0 aliphatic carbocycles. The van der Waals surface area contributed by atoms with Crippen LogP contribution >= 0.6 is 23.2 Å². The van der Waals surface area contributed by atoms with E-state index in [0.29, 0.717) is 55.0 Å². The van der Waals surface area contributed by atoms with Crippen molar-refractivity contribution in [2.75, 3.05) is 46.2 Å². The molecule has 0 unspecified atom stereocenters. The van der Waals surface area contributed by atoms with Gasteiger partial charge in [0.2, 0.25) is 0 Å². The number of benzene rings is 2. The van der Waals surface area contributed by atoms with Gasteiger partial charge in [-0.15, -0.1) is 0 Å². The Kier molecular flexibility index (Phi) is 8.33. The topological polar surface area (TPSA) is 92.7 Å². The normalized spacial score (nSPS) is 15.6. The number of carbonyl (C=O) groups is 1. The van der Waals surface area contributed by atoms with Crippen molar-refractivity contribution in [3.05, 3.63) is 70.2 Å². The van der Waals surface area contributed by atoms with Gasteiger partial charge >= 0.3 is 0 Å². The largest absolute Gasteiger partial charge is 0.495 e. The van der Waals surface area contributed by atoms with Crippen molar-refractivity contribution < 1.29 is 14.3 Å². The van der Waals surface area contributed by atoms with Crippen LogP contribution < -0.4 is 14.8 Å². The summed E-state index contributed by atoms with van der Waals surface area (Å²) in [6, 6.07) is 8.86. The molecular weight excluding hydrogens is 563 g/mol. The van der Waals surface area contributed by atoms with Crippen LogP contribution in [-0.4, -0.2) is 77.1 Å². The van der Waals surface area contributed by atoms with Gasteiger partial charge in [0.15, 0.2) is 0 Å². The standard InChI is InChI=1S/C30H32Cl2N6O3/c1-30(2)17-37(3)12-13-38(30)16-19-7-6-18(15-35-19)36-29(39)21-9-8-20(27-28(21)34-11-10-33-27)24-25(31)22(40-4)14-23(41-5)26(24)32/h6-11,14-15H,12-13,16-17H2,1-5H3,(H,36,39). The molecule has 5 rings (SSSR count). The van der Waals surface area contributed by atoms with E-state index < -0.39 is 0 Å². The predicted octanol–water partition coefficient (Wildman–Crippen LogP) is 5.79. The zero-order valence-electron chi connectivity index (χ0n) is 23.7. The van der Waals surface area contributed by atoms with Crippen LogP contribution in [0.15, 0.2) is 48.9 Å². The molecule has 2 aromatic heterocycles. The van der Waals surface area contributed by atoms with E-state index in [-0.39, 0.29) is 11.4 Å². The molecule has 0 bridgehead atoms. The van der Waals surface area contributed by atoms with Crippen molar-refractivity contribution in [3.63, 3.8) is 0 Å². The summed E-state index contributed by atoms with van der Waals surface area (Å²) in [6.45, 7) is 8.26. The Labute approximate surface area is 249 Å². The number of ether oxygens (including phenoxy) is 2. The lowest BCUT2D eigenvalue weighted by atomic mass is 9.99. The second kappa shape index (κ2) is 11.8. The van der Waals surface area contributed by atoms with Crippen molar-refractivity contribution in [2.45, 2.75) is 25.9 Å². The highest BCUT2D eigenvalue weighted by molar-refractivity contribution is 6.41. The molecule has 1 aliphatic rings. The summed E-state index contributed by atoms with van der Waals surface area (Å²) in [5.74, 6) is 0.458. The van der Waals surface area contributed by atoms with Gasteiger partial charge in [-0.05, 0) is 39.1 Å².